The molecule has 2 nitrogen and oxygen atoms in total. The molecule has 0 spiro atoms. The van der Waals surface area contributed by atoms with Crippen LogP contribution in [-0.2, 0) is 6.42 Å². The first-order valence-electron chi connectivity index (χ1n) is 5.43. The van der Waals surface area contributed by atoms with Gasteiger partial charge in [-0.3, -0.25) is 4.98 Å². The van der Waals surface area contributed by atoms with E-state index in [0.29, 0.717) is 6.04 Å². The van der Waals surface area contributed by atoms with Crippen molar-refractivity contribution >= 4 is 0 Å². The lowest BCUT2D eigenvalue weighted by Gasteiger charge is -2.15. The Balaban J connectivity index is 2.37. The molecule has 82 valence electrons. The highest BCUT2D eigenvalue weighted by molar-refractivity contribution is 5.09. The van der Waals surface area contributed by atoms with Crippen molar-refractivity contribution in [2.75, 3.05) is 7.05 Å². The first kappa shape index (κ1) is 11.9. The number of nitrogens with one attached hydrogen (secondary N) is 1. The van der Waals surface area contributed by atoms with Crippen molar-refractivity contribution < 1.29 is 0 Å². The lowest BCUT2D eigenvalue weighted by molar-refractivity contribution is 0.518. The van der Waals surface area contributed by atoms with Crippen LogP contribution in [0.3, 0.4) is 0 Å². The van der Waals surface area contributed by atoms with Crippen molar-refractivity contribution in [3.8, 4) is 0 Å². The van der Waals surface area contributed by atoms with Gasteiger partial charge in [0.2, 0.25) is 0 Å². The number of hydrogen-bond donors (Lipinski definition) is 1. The maximum atomic E-state index is 4.11. The maximum absolute atomic E-state index is 4.11. The van der Waals surface area contributed by atoms with Gasteiger partial charge in [-0.2, -0.15) is 0 Å². The fourth-order valence-electron chi connectivity index (χ4n) is 1.66. The molecule has 0 saturated heterocycles. The topological polar surface area (TPSA) is 24.9 Å². The van der Waals surface area contributed by atoms with Crippen LogP contribution in [0, 0.1) is 0 Å². The van der Waals surface area contributed by atoms with Crippen molar-refractivity contribution in [2.45, 2.75) is 32.2 Å². The van der Waals surface area contributed by atoms with E-state index in [0.717, 1.165) is 19.3 Å². The van der Waals surface area contributed by atoms with E-state index in [-0.39, 0.29) is 0 Å². The van der Waals surface area contributed by atoms with Gasteiger partial charge in [-0.15, -0.1) is 6.58 Å². The second-order valence-electron chi connectivity index (χ2n) is 4.05. The van der Waals surface area contributed by atoms with Gasteiger partial charge >= 0.3 is 0 Å². The van der Waals surface area contributed by atoms with Crippen LogP contribution in [0.4, 0.5) is 0 Å². The van der Waals surface area contributed by atoms with Gasteiger partial charge in [-0.1, -0.05) is 11.6 Å². The molecule has 0 aliphatic carbocycles. The number of aryl methyl sites for hydroxylation is 1. The molecule has 1 rings (SSSR count). The summed E-state index contributed by atoms with van der Waals surface area (Å²) < 4.78 is 0. The smallest absolute Gasteiger partial charge is 0.0299 e. The van der Waals surface area contributed by atoms with E-state index in [9.17, 15) is 0 Å². The predicted octanol–water partition coefficient (Wildman–Crippen LogP) is 2.57. The lowest BCUT2D eigenvalue weighted by atomic mass is 10.0. The molecule has 0 bridgehead atoms. The number of aromatic nitrogens is 1. The standard InChI is InChI=1S/C13H20N2/c1-11(2)9-13(14-3)7-6-12-5-4-8-15-10-12/h4-5,8,10,13-14H,1,6-7,9H2,2-3H3. The van der Waals surface area contributed by atoms with Crippen LogP contribution < -0.4 is 5.32 Å². The van der Waals surface area contributed by atoms with Crippen LogP contribution >= 0.6 is 0 Å². The van der Waals surface area contributed by atoms with Crippen molar-refractivity contribution in [3.05, 3.63) is 42.2 Å². The molecule has 0 aromatic carbocycles. The van der Waals surface area contributed by atoms with Crippen molar-refractivity contribution in [2.24, 2.45) is 0 Å². The third-order valence-electron chi connectivity index (χ3n) is 2.51. The summed E-state index contributed by atoms with van der Waals surface area (Å²) in [5.41, 5.74) is 2.54. The molecule has 15 heavy (non-hydrogen) atoms. The van der Waals surface area contributed by atoms with Crippen LogP contribution in [0.5, 0.6) is 0 Å². The van der Waals surface area contributed by atoms with E-state index < -0.39 is 0 Å². The second kappa shape index (κ2) is 6.36. The Morgan fingerprint density at radius 3 is 2.93 bits per heavy atom. The van der Waals surface area contributed by atoms with Crippen LogP contribution in [0.2, 0.25) is 0 Å². The molecule has 1 unspecified atom stereocenters. The number of nitrogens with zero attached hydrogens (tertiary/aromatic N) is 1. The first-order chi connectivity index (χ1) is 7.22. The number of rotatable bonds is 6. The van der Waals surface area contributed by atoms with E-state index in [1.54, 1.807) is 0 Å². The quantitative estimate of drug-likeness (QED) is 0.720. The first-order valence-corrected chi connectivity index (χ1v) is 5.43. The molecule has 0 radical (unpaired) electrons. The third kappa shape index (κ3) is 4.75. The average Bonchev–Trinajstić information content (AvgIpc) is 2.25. The average molecular weight is 204 g/mol. The molecular formula is C13H20N2. The molecule has 0 saturated carbocycles. The summed E-state index contributed by atoms with van der Waals surface area (Å²) in [6.45, 7) is 6.02. The Morgan fingerprint density at radius 1 is 1.60 bits per heavy atom. The third-order valence-corrected chi connectivity index (χ3v) is 2.51. The van der Waals surface area contributed by atoms with E-state index in [4.69, 9.17) is 0 Å². The summed E-state index contributed by atoms with van der Waals surface area (Å²) in [4.78, 5) is 4.11. The van der Waals surface area contributed by atoms with Crippen LogP contribution in [0.1, 0.15) is 25.3 Å². The van der Waals surface area contributed by atoms with Gasteiger partial charge in [0.15, 0.2) is 0 Å². The highest BCUT2D eigenvalue weighted by Crippen LogP contribution is 2.09. The van der Waals surface area contributed by atoms with E-state index >= 15 is 0 Å². The fourth-order valence-corrected chi connectivity index (χ4v) is 1.66. The van der Waals surface area contributed by atoms with Gasteiger partial charge in [-0.25, -0.2) is 0 Å². The minimum absolute atomic E-state index is 0.530. The number of hydrogen-bond acceptors (Lipinski definition) is 2. The molecule has 1 atom stereocenters. The van der Waals surface area contributed by atoms with Gasteiger partial charge in [0.05, 0.1) is 0 Å². The van der Waals surface area contributed by atoms with Gasteiger partial charge in [-0.05, 0) is 44.9 Å². The normalized spacial score (nSPS) is 12.4. The van der Waals surface area contributed by atoms with Crippen LogP contribution in [-0.4, -0.2) is 18.1 Å². The molecule has 2 heteroatoms. The maximum Gasteiger partial charge on any atom is 0.0299 e. The minimum atomic E-state index is 0.530. The summed E-state index contributed by atoms with van der Waals surface area (Å²) in [6, 6.07) is 4.64. The largest absolute Gasteiger partial charge is 0.317 e. The molecule has 1 aromatic rings. The summed E-state index contributed by atoms with van der Waals surface area (Å²) in [5.74, 6) is 0. The highest BCUT2D eigenvalue weighted by Gasteiger charge is 2.06. The Bertz CT molecular complexity index is 293. The molecule has 1 aromatic heterocycles. The fraction of sp³-hybridized carbons (Fsp3) is 0.462. The van der Waals surface area contributed by atoms with E-state index in [1.807, 2.05) is 25.5 Å². The summed E-state index contributed by atoms with van der Waals surface area (Å²) in [6.07, 6.45) is 7.01. The Hall–Kier alpha value is -1.15. The zero-order valence-corrected chi connectivity index (χ0v) is 9.66. The lowest BCUT2D eigenvalue weighted by Crippen LogP contribution is -2.25. The molecular weight excluding hydrogens is 184 g/mol. The molecule has 0 aliphatic rings. The van der Waals surface area contributed by atoms with Gasteiger partial charge < -0.3 is 5.32 Å². The molecule has 1 N–H and O–H groups in total. The monoisotopic (exact) mass is 204 g/mol. The van der Waals surface area contributed by atoms with Crippen LogP contribution in [0.15, 0.2) is 36.7 Å². The van der Waals surface area contributed by atoms with Crippen molar-refractivity contribution in [3.63, 3.8) is 0 Å². The predicted molar refractivity (Wildman–Crippen MR) is 64.8 cm³/mol. The number of pyridine rings is 1. The summed E-state index contributed by atoms with van der Waals surface area (Å²) in [5, 5.41) is 3.32. The van der Waals surface area contributed by atoms with Crippen molar-refractivity contribution in [1.82, 2.24) is 10.3 Å². The SMILES string of the molecule is C=C(C)CC(CCc1cccnc1)NC. The van der Waals surface area contributed by atoms with Gasteiger partial charge in [0, 0.05) is 18.4 Å². The van der Waals surface area contributed by atoms with E-state index in [1.165, 1.54) is 11.1 Å². The summed E-state index contributed by atoms with van der Waals surface area (Å²) >= 11 is 0. The van der Waals surface area contributed by atoms with Crippen molar-refractivity contribution in [1.29, 1.82) is 0 Å². The zero-order chi connectivity index (χ0) is 11.1. The zero-order valence-electron chi connectivity index (χ0n) is 9.66. The Labute approximate surface area is 92.4 Å². The molecule has 0 aliphatic heterocycles. The minimum Gasteiger partial charge on any atom is -0.317 e. The summed E-state index contributed by atoms with van der Waals surface area (Å²) in [7, 11) is 2.01. The van der Waals surface area contributed by atoms with Gasteiger partial charge in [0.1, 0.15) is 0 Å². The van der Waals surface area contributed by atoms with Gasteiger partial charge in [0.25, 0.3) is 0 Å². The Kier molecular flexibility index (Phi) is 5.05. The highest BCUT2D eigenvalue weighted by atomic mass is 14.9. The second-order valence-corrected chi connectivity index (χ2v) is 4.05. The molecule has 0 fully saturated rings. The molecule has 0 amide bonds. The van der Waals surface area contributed by atoms with E-state index in [2.05, 4.69) is 29.9 Å². The Morgan fingerprint density at radius 2 is 2.40 bits per heavy atom. The molecule has 1 heterocycles. The van der Waals surface area contributed by atoms with Crippen LogP contribution in [0.25, 0.3) is 0 Å².